The van der Waals surface area contributed by atoms with Gasteiger partial charge >= 0.3 is 0 Å². The SMILES string of the molecule is Cc1ocnc1C(=O)N(C)[C@@H]1CC[C@@H](n2ccnc2C)[C@@H]1O. The molecule has 0 bridgehead atoms. The fourth-order valence-corrected chi connectivity index (χ4v) is 3.23. The van der Waals surface area contributed by atoms with Crippen LogP contribution in [0.1, 0.15) is 41.0 Å². The summed E-state index contributed by atoms with van der Waals surface area (Å²) in [6, 6.07) is -0.295. The van der Waals surface area contributed by atoms with Gasteiger partial charge in [0.15, 0.2) is 12.1 Å². The maximum atomic E-state index is 12.5. The fourth-order valence-electron chi connectivity index (χ4n) is 3.23. The first kappa shape index (κ1) is 14.8. The van der Waals surface area contributed by atoms with Gasteiger partial charge in [-0.25, -0.2) is 9.97 Å². The molecule has 1 saturated carbocycles. The lowest BCUT2D eigenvalue weighted by Gasteiger charge is -2.29. The number of amides is 1. The third kappa shape index (κ3) is 2.31. The highest BCUT2D eigenvalue weighted by Crippen LogP contribution is 2.34. The molecule has 1 amide bonds. The van der Waals surface area contributed by atoms with Gasteiger partial charge < -0.3 is 19.0 Å². The summed E-state index contributed by atoms with van der Waals surface area (Å²) in [4.78, 5) is 22.2. The number of aliphatic hydroxyl groups excluding tert-OH is 1. The van der Waals surface area contributed by atoms with Crippen molar-refractivity contribution >= 4 is 5.91 Å². The number of rotatable bonds is 3. The van der Waals surface area contributed by atoms with Gasteiger partial charge in [-0.2, -0.15) is 0 Å². The number of carbonyl (C=O) groups is 1. The summed E-state index contributed by atoms with van der Waals surface area (Å²) in [6.45, 7) is 3.62. The molecular formula is C15H20N4O3. The molecule has 7 nitrogen and oxygen atoms in total. The third-order valence-electron chi connectivity index (χ3n) is 4.53. The molecular weight excluding hydrogens is 284 g/mol. The zero-order chi connectivity index (χ0) is 15.9. The van der Waals surface area contributed by atoms with E-state index in [4.69, 9.17) is 4.42 Å². The standard InChI is InChI=1S/C15H20N4O3/c1-9-13(17-8-22-9)15(21)18(3)11-4-5-12(14(11)20)19-7-6-16-10(19)2/h6-8,11-12,14,20H,4-5H2,1-3H3/t11-,12-,14-/m1/s1. The average Bonchev–Trinajstić information content (AvgIpc) is 3.18. The number of aliphatic hydroxyl groups is 1. The number of likely N-dealkylation sites (N-methyl/N-ethyl adjacent to an activating group) is 1. The summed E-state index contributed by atoms with van der Waals surface area (Å²) in [7, 11) is 1.70. The number of aromatic nitrogens is 3. The number of imidazole rings is 1. The minimum absolute atomic E-state index is 0.0545. The topological polar surface area (TPSA) is 84.4 Å². The van der Waals surface area contributed by atoms with Crippen molar-refractivity contribution in [3.63, 3.8) is 0 Å². The van der Waals surface area contributed by atoms with Gasteiger partial charge in [-0.05, 0) is 26.7 Å². The molecule has 1 N–H and O–H groups in total. The fraction of sp³-hybridized carbons (Fsp3) is 0.533. The predicted molar refractivity (Wildman–Crippen MR) is 78.4 cm³/mol. The second-order valence-corrected chi connectivity index (χ2v) is 5.76. The van der Waals surface area contributed by atoms with E-state index in [0.29, 0.717) is 11.5 Å². The third-order valence-corrected chi connectivity index (χ3v) is 4.53. The predicted octanol–water partition coefficient (Wildman–Crippen LogP) is 1.32. The first-order valence-corrected chi connectivity index (χ1v) is 7.35. The Morgan fingerprint density at radius 2 is 2.18 bits per heavy atom. The van der Waals surface area contributed by atoms with Crippen LogP contribution in [0.4, 0.5) is 0 Å². The van der Waals surface area contributed by atoms with Crippen LogP contribution in [0, 0.1) is 13.8 Å². The van der Waals surface area contributed by atoms with Crippen molar-refractivity contribution in [1.29, 1.82) is 0 Å². The summed E-state index contributed by atoms with van der Waals surface area (Å²) in [5, 5.41) is 10.6. The van der Waals surface area contributed by atoms with Gasteiger partial charge in [0.25, 0.3) is 5.91 Å². The molecule has 1 fully saturated rings. The average molecular weight is 304 g/mol. The van der Waals surface area contributed by atoms with E-state index < -0.39 is 6.10 Å². The van der Waals surface area contributed by atoms with Crippen LogP contribution in [0.15, 0.2) is 23.2 Å². The Bertz CT molecular complexity index is 678. The molecule has 0 radical (unpaired) electrons. The molecule has 2 heterocycles. The first-order valence-electron chi connectivity index (χ1n) is 7.35. The Morgan fingerprint density at radius 1 is 1.41 bits per heavy atom. The summed E-state index contributed by atoms with van der Waals surface area (Å²) >= 11 is 0. The van der Waals surface area contributed by atoms with Crippen LogP contribution in [0.5, 0.6) is 0 Å². The molecule has 1 aliphatic rings. The van der Waals surface area contributed by atoms with E-state index in [1.54, 1.807) is 25.1 Å². The lowest BCUT2D eigenvalue weighted by atomic mass is 10.1. The maximum absolute atomic E-state index is 12.5. The summed E-state index contributed by atoms with van der Waals surface area (Å²) in [5.41, 5.74) is 0.303. The smallest absolute Gasteiger partial charge is 0.276 e. The molecule has 0 aliphatic heterocycles. The molecule has 2 aromatic heterocycles. The van der Waals surface area contributed by atoms with Crippen molar-refractivity contribution in [2.75, 3.05) is 7.05 Å². The van der Waals surface area contributed by atoms with E-state index in [2.05, 4.69) is 9.97 Å². The number of hydrogen-bond acceptors (Lipinski definition) is 5. The molecule has 2 aromatic rings. The minimum Gasteiger partial charge on any atom is -0.448 e. The zero-order valence-electron chi connectivity index (χ0n) is 12.9. The number of nitrogens with zero attached hydrogens (tertiary/aromatic N) is 4. The molecule has 3 rings (SSSR count). The second-order valence-electron chi connectivity index (χ2n) is 5.76. The highest BCUT2D eigenvalue weighted by molar-refractivity contribution is 5.93. The Kier molecular flexibility index (Phi) is 3.74. The van der Waals surface area contributed by atoms with Gasteiger partial charge in [-0.3, -0.25) is 4.79 Å². The molecule has 118 valence electrons. The molecule has 1 aliphatic carbocycles. The molecule has 0 spiro atoms. The van der Waals surface area contributed by atoms with E-state index >= 15 is 0 Å². The van der Waals surface area contributed by atoms with Crippen LogP contribution in [-0.4, -0.2) is 49.6 Å². The van der Waals surface area contributed by atoms with Gasteiger partial charge in [-0.15, -0.1) is 0 Å². The van der Waals surface area contributed by atoms with Gasteiger partial charge in [0.2, 0.25) is 0 Å². The van der Waals surface area contributed by atoms with Crippen LogP contribution in [0.3, 0.4) is 0 Å². The van der Waals surface area contributed by atoms with E-state index in [9.17, 15) is 9.90 Å². The molecule has 0 unspecified atom stereocenters. The van der Waals surface area contributed by atoms with Crippen LogP contribution in [-0.2, 0) is 0 Å². The van der Waals surface area contributed by atoms with Crippen LogP contribution >= 0.6 is 0 Å². The molecule has 3 atom stereocenters. The zero-order valence-corrected chi connectivity index (χ0v) is 12.9. The minimum atomic E-state index is -0.631. The number of oxazole rings is 1. The van der Waals surface area contributed by atoms with Crippen molar-refractivity contribution in [2.24, 2.45) is 0 Å². The lowest BCUT2D eigenvalue weighted by Crippen LogP contribution is -2.43. The number of hydrogen-bond donors (Lipinski definition) is 1. The number of carbonyl (C=O) groups excluding carboxylic acids is 1. The van der Waals surface area contributed by atoms with E-state index in [1.807, 2.05) is 17.7 Å². The monoisotopic (exact) mass is 304 g/mol. The van der Waals surface area contributed by atoms with Gasteiger partial charge in [-0.1, -0.05) is 0 Å². The number of aryl methyl sites for hydroxylation is 2. The maximum Gasteiger partial charge on any atom is 0.276 e. The van der Waals surface area contributed by atoms with Crippen LogP contribution in [0.25, 0.3) is 0 Å². The van der Waals surface area contributed by atoms with Gasteiger partial charge in [0, 0.05) is 19.4 Å². The summed E-state index contributed by atoms with van der Waals surface area (Å²) in [6.07, 6.45) is 5.77. The molecule has 22 heavy (non-hydrogen) atoms. The van der Waals surface area contributed by atoms with Gasteiger partial charge in [0.1, 0.15) is 11.6 Å². The van der Waals surface area contributed by atoms with Crippen LogP contribution < -0.4 is 0 Å². The van der Waals surface area contributed by atoms with Crippen molar-refractivity contribution in [1.82, 2.24) is 19.4 Å². The quantitative estimate of drug-likeness (QED) is 0.924. The molecule has 0 aromatic carbocycles. The highest BCUT2D eigenvalue weighted by atomic mass is 16.3. The van der Waals surface area contributed by atoms with Gasteiger partial charge in [0.05, 0.1) is 18.2 Å². The van der Waals surface area contributed by atoms with Crippen molar-refractivity contribution in [3.05, 3.63) is 36.1 Å². The Labute approximate surface area is 128 Å². The first-order chi connectivity index (χ1) is 10.5. The summed E-state index contributed by atoms with van der Waals surface area (Å²) < 4.78 is 7.06. The van der Waals surface area contributed by atoms with E-state index in [-0.39, 0.29) is 18.0 Å². The lowest BCUT2D eigenvalue weighted by molar-refractivity contribution is 0.0435. The second kappa shape index (κ2) is 5.57. The highest BCUT2D eigenvalue weighted by Gasteiger charge is 2.40. The Morgan fingerprint density at radius 3 is 2.77 bits per heavy atom. The van der Waals surface area contributed by atoms with Crippen molar-refractivity contribution < 1.29 is 14.3 Å². The molecule has 7 heteroatoms. The van der Waals surface area contributed by atoms with Crippen LogP contribution in [0.2, 0.25) is 0 Å². The van der Waals surface area contributed by atoms with Crippen molar-refractivity contribution in [2.45, 2.75) is 44.9 Å². The Balaban J connectivity index is 1.77. The van der Waals surface area contributed by atoms with E-state index in [0.717, 1.165) is 18.7 Å². The Hall–Kier alpha value is -2.15. The van der Waals surface area contributed by atoms with Crippen molar-refractivity contribution in [3.8, 4) is 0 Å². The normalized spacial score (nSPS) is 24.6. The summed E-state index contributed by atoms with van der Waals surface area (Å²) in [5.74, 6) is 1.13. The van der Waals surface area contributed by atoms with E-state index in [1.165, 1.54) is 6.39 Å². The molecule has 0 saturated heterocycles. The largest absolute Gasteiger partial charge is 0.448 e.